The second-order valence-corrected chi connectivity index (χ2v) is 7.35. The number of hydrogen-bond donors (Lipinski definition) is 2. The van der Waals surface area contributed by atoms with Crippen molar-refractivity contribution < 1.29 is 0 Å². The van der Waals surface area contributed by atoms with Crippen molar-refractivity contribution in [2.45, 2.75) is 33.4 Å². The van der Waals surface area contributed by atoms with Crippen LogP contribution in [-0.2, 0) is 6.54 Å². The highest BCUT2D eigenvalue weighted by molar-refractivity contribution is 14.0. The van der Waals surface area contributed by atoms with Crippen LogP contribution in [0.3, 0.4) is 0 Å². The molecule has 2 aromatic carbocycles. The summed E-state index contributed by atoms with van der Waals surface area (Å²) < 4.78 is 0. The molecule has 4 nitrogen and oxygen atoms in total. The zero-order valence-electron chi connectivity index (χ0n) is 15.3. The van der Waals surface area contributed by atoms with Gasteiger partial charge in [0.05, 0.1) is 12.6 Å². The number of halogens is 1. The summed E-state index contributed by atoms with van der Waals surface area (Å²) in [7, 11) is 0. The number of rotatable bonds is 5. The summed E-state index contributed by atoms with van der Waals surface area (Å²) in [5, 5.41) is 10.4. The van der Waals surface area contributed by atoms with Crippen LogP contribution in [0.2, 0.25) is 0 Å². The van der Waals surface area contributed by atoms with Gasteiger partial charge in [0.1, 0.15) is 5.01 Å². The molecule has 1 unspecified atom stereocenters. The maximum atomic E-state index is 4.67. The minimum atomic E-state index is 0. The van der Waals surface area contributed by atoms with Gasteiger partial charge in [0.25, 0.3) is 0 Å². The van der Waals surface area contributed by atoms with Gasteiger partial charge in [-0.1, -0.05) is 36.4 Å². The number of benzene rings is 2. The summed E-state index contributed by atoms with van der Waals surface area (Å²) >= 11 is 1.69. The Morgan fingerprint density at radius 2 is 1.96 bits per heavy atom. The van der Waals surface area contributed by atoms with Gasteiger partial charge in [-0.25, -0.2) is 9.98 Å². The molecular weight excluding hydrogens is 455 g/mol. The lowest BCUT2D eigenvalue weighted by Crippen LogP contribution is -2.38. The minimum Gasteiger partial charge on any atom is -0.357 e. The smallest absolute Gasteiger partial charge is 0.192 e. The van der Waals surface area contributed by atoms with Crippen LogP contribution in [0.4, 0.5) is 0 Å². The van der Waals surface area contributed by atoms with Crippen LogP contribution in [0.15, 0.2) is 53.7 Å². The van der Waals surface area contributed by atoms with Gasteiger partial charge in [0.2, 0.25) is 0 Å². The molecule has 3 aromatic rings. The van der Waals surface area contributed by atoms with E-state index in [1.165, 1.54) is 21.2 Å². The first-order valence-electron chi connectivity index (χ1n) is 8.60. The highest BCUT2D eigenvalue weighted by Crippen LogP contribution is 2.20. The number of fused-ring (bicyclic) bond motifs is 1. The van der Waals surface area contributed by atoms with E-state index in [4.69, 9.17) is 0 Å². The molecule has 1 heterocycles. The highest BCUT2D eigenvalue weighted by atomic mass is 127. The number of nitrogens with zero attached hydrogens (tertiary/aromatic N) is 2. The summed E-state index contributed by atoms with van der Waals surface area (Å²) in [5.74, 6) is 0.816. The van der Waals surface area contributed by atoms with Gasteiger partial charge in [0.15, 0.2) is 5.96 Å². The summed E-state index contributed by atoms with van der Waals surface area (Å²) in [6.45, 7) is 7.72. The van der Waals surface area contributed by atoms with E-state index in [1.807, 2.05) is 6.20 Å². The van der Waals surface area contributed by atoms with Gasteiger partial charge in [-0.3, -0.25) is 0 Å². The van der Waals surface area contributed by atoms with E-state index >= 15 is 0 Å². The molecule has 0 radical (unpaired) electrons. The standard InChI is InChI=1S/C20H24N4S.HI/c1-4-21-20(23-13-19-22-12-14(2)25-19)24-15(3)17-10-9-16-7-5-6-8-18(16)11-17;/h5-12,15H,4,13H2,1-3H3,(H2,21,23,24);1H. The van der Waals surface area contributed by atoms with Crippen molar-refractivity contribution in [2.24, 2.45) is 4.99 Å². The Kier molecular flexibility index (Phi) is 7.84. The first-order valence-corrected chi connectivity index (χ1v) is 9.42. The molecule has 0 fully saturated rings. The van der Waals surface area contributed by atoms with Gasteiger partial charge in [-0.05, 0) is 43.2 Å². The second-order valence-electron chi connectivity index (χ2n) is 6.03. The van der Waals surface area contributed by atoms with Crippen LogP contribution in [0.5, 0.6) is 0 Å². The van der Waals surface area contributed by atoms with Crippen LogP contribution in [-0.4, -0.2) is 17.5 Å². The Bertz CT molecular complexity index is 875. The molecule has 0 saturated carbocycles. The molecule has 6 heteroatoms. The molecule has 3 rings (SSSR count). The number of thiazole rings is 1. The molecule has 0 aliphatic carbocycles. The largest absolute Gasteiger partial charge is 0.357 e. The van der Waals surface area contributed by atoms with Gasteiger partial charge in [-0.15, -0.1) is 35.3 Å². The van der Waals surface area contributed by atoms with E-state index in [1.54, 1.807) is 11.3 Å². The SMILES string of the molecule is CCNC(=NCc1ncc(C)s1)NC(C)c1ccc2ccccc2c1.I. The Morgan fingerprint density at radius 1 is 1.19 bits per heavy atom. The fourth-order valence-corrected chi connectivity index (χ4v) is 3.42. The molecule has 26 heavy (non-hydrogen) atoms. The van der Waals surface area contributed by atoms with Crippen LogP contribution in [0.25, 0.3) is 10.8 Å². The molecule has 0 saturated heterocycles. The molecule has 0 spiro atoms. The predicted octanol–water partition coefficient (Wildman–Crippen LogP) is 5.04. The van der Waals surface area contributed by atoms with Gasteiger partial charge < -0.3 is 10.6 Å². The summed E-state index contributed by atoms with van der Waals surface area (Å²) in [6.07, 6.45) is 1.90. The maximum Gasteiger partial charge on any atom is 0.192 e. The van der Waals surface area contributed by atoms with Crippen molar-refractivity contribution in [3.63, 3.8) is 0 Å². The van der Waals surface area contributed by atoms with E-state index in [2.05, 4.69) is 83.8 Å². The van der Waals surface area contributed by atoms with Crippen LogP contribution in [0, 0.1) is 6.92 Å². The van der Waals surface area contributed by atoms with E-state index in [0.717, 1.165) is 17.5 Å². The predicted molar refractivity (Wildman–Crippen MR) is 123 cm³/mol. The van der Waals surface area contributed by atoms with E-state index < -0.39 is 0 Å². The first kappa shape index (κ1) is 20.6. The first-order chi connectivity index (χ1) is 12.2. The average Bonchev–Trinajstić information content (AvgIpc) is 3.04. The number of aliphatic imine (C=N–C) groups is 1. The molecule has 1 aromatic heterocycles. The summed E-state index contributed by atoms with van der Waals surface area (Å²) in [5.41, 5.74) is 1.24. The van der Waals surface area contributed by atoms with Crippen molar-refractivity contribution in [1.82, 2.24) is 15.6 Å². The molecule has 0 aliphatic heterocycles. The lowest BCUT2D eigenvalue weighted by atomic mass is 10.0. The Balaban J connectivity index is 0.00000243. The lowest BCUT2D eigenvalue weighted by molar-refractivity contribution is 0.687. The van der Waals surface area contributed by atoms with E-state index in [9.17, 15) is 0 Å². The van der Waals surface area contributed by atoms with Crippen LogP contribution >= 0.6 is 35.3 Å². The number of nitrogens with one attached hydrogen (secondary N) is 2. The van der Waals surface area contributed by atoms with Gasteiger partial charge >= 0.3 is 0 Å². The van der Waals surface area contributed by atoms with Crippen LogP contribution in [0.1, 0.15) is 35.3 Å². The number of hydrogen-bond acceptors (Lipinski definition) is 3. The summed E-state index contributed by atoms with van der Waals surface area (Å²) in [6, 6.07) is 15.2. The molecule has 2 N–H and O–H groups in total. The van der Waals surface area contributed by atoms with Crippen molar-refractivity contribution in [3.8, 4) is 0 Å². The number of aromatic nitrogens is 1. The molecule has 0 aliphatic rings. The van der Waals surface area contributed by atoms with Gasteiger partial charge in [0, 0.05) is 17.6 Å². The summed E-state index contributed by atoms with van der Waals surface area (Å²) in [4.78, 5) is 10.3. The van der Waals surface area contributed by atoms with E-state index in [0.29, 0.717) is 6.54 Å². The third-order valence-electron chi connectivity index (χ3n) is 4.01. The third-order valence-corrected chi connectivity index (χ3v) is 4.91. The average molecular weight is 480 g/mol. The molecule has 0 bridgehead atoms. The van der Waals surface area contributed by atoms with Crippen molar-refractivity contribution in [3.05, 3.63) is 64.1 Å². The Hall–Kier alpha value is -1.67. The molecule has 1 atom stereocenters. The molecule has 138 valence electrons. The topological polar surface area (TPSA) is 49.3 Å². The van der Waals surface area contributed by atoms with E-state index in [-0.39, 0.29) is 30.0 Å². The quantitative estimate of drug-likeness (QED) is 0.306. The highest BCUT2D eigenvalue weighted by Gasteiger charge is 2.09. The molecular formula is C20H25IN4S. The molecule has 0 amide bonds. The zero-order chi connectivity index (χ0) is 17.6. The Labute approximate surface area is 176 Å². The monoisotopic (exact) mass is 480 g/mol. The fraction of sp³-hybridized carbons (Fsp3) is 0.300. The Morgan fingerprint density at radius 3 is 2.65 bits per heavy atom. The number of guanidine groups is 1. The maximum absolute atomic E-state index is 4.67. The fourth-order valence-electron chi connectivity index (χ4n) is 2.71. The third kappa shape index (κ3) is 5.41. The van der Waals surface area contributed by atoms with Crippen molar-refractivity contribution in [1.29, 1.82) is 0 Å². The zero-order valence-corrected chi connectivity index (χ0v) is 18.5. The second kappa shape index (κ2) is 9.87. The van der Waals surface area contributed by atoms with Crippen LogP contribution < -0.4 is 10.6 Å². The lowest BCUT2D eigenvalue weighted by Gasteiger charge is -2.18. The van der Waals surface area contributed by atoms with Gasteiger partial charge in [-0.2, -0.15) is 0 Å². The minimum absolute atomic E-state index is 0. The normalized spacial score (nSPS) is 12.5. The number of aryl methyl sites for hydroxylation is 1. The van der Waals surface area contributed by atoms with Crippen molar-refractivity contribution >= 4 is 52.0 Å². The van der Waals surface area contributed by atoms with Crippen molar-refractivity contribution in [2.75, 3.05) is 6.54 Å².